The van der Waals surface area contributed by atoms with Crippen LogP contribution >= 0.6 is 0 Å². The molecular formula is C41H39FeN5O3+2. The first-order valence-electron chi connectivity index (χ1n) is 16.5. The molecule has 50 heavy (non-hydrogen) atoms. The van der Waals surface area contributed by atoms with Gasteiger partial charge < -0.3 is 9.64 Å². The molecule has 3 aromatic carbocycles. The van der Waals surface area contributed by atoms with Gasteiger partial charge in [-0.1, -0.05) is 115 Å². The predicted molar refractivity (Wildman–Crippen MR) is 194 cm³/mol. The Bertz CT molecular complexity index is 1880. The Morgan fingerprint density at radius 2 is 1.64 bits per heavy atom. The average molecular weight is 706 g/mol. The topological polar surface area (TPSA) is 89.4 Å². The number of nitrogens with one attached hydrogen (secondary N) is 1. The molecule has 1 aromatic heterocycles. The minimum Gasteiger partial charge on any atom is -0.492 e. The molecule has 8 nitrogen and oxygen atoms in total. The Hall–Kier alpha value is -5.34. The second kappa shape index (κ2) is 18.4. The van der Waals surface area contributed by atoms with Crippen LogP contribution in [0.3, 0.4) is 0 Å². The molecule has 0 bridgehead atoms. The van der Waals surface area contributed by atoms with E-state index in [1.807, 2.05) is 90.0 Å². The maximum Gasteiger partial charge on any atom is 2.00 e. The number of rotatable bonds is 13. The molecule has 4 aromatic rings. The Kier molecular flexibility index (Phi) is 13.3. The first-order chi connectivity index (χ1) is 24.1. The van der Waals surface area contributed by atoms with E-state index >= 15 is 0 Å². The number of ketones is 1. The summed E-state index contributed by atoms with van der Waals surface area (Å²) in [4.78, 5) is 27.4. The molecule has 0 unspecified atom stereocenters. The molecule has 1 fully saturated rings. The Morgan fingerprint density at radius 1 is 0.900 bits per heavy atom. The van der Waals surface area contributed by atoms with Gasteiger partial charge in [0.2, 0.25) is 5.91 Å². The third kappa shape index (κ3) is 9.86. The number of ether oxygens (including phenoxy) is 1. The summed E-state index contributed by atoms with van der Waals surface area (Å²) in [7, 11) is 0. The molecule has 2 atom stereocenters. The van der Waals surface area contributed by atoms with Gasteiger partial charge in [-0.15, -0.1) is 5.10 Å². The number of carbonyl (C=O) groups excluding carboxylic acids is 2. The van der Waals surface area contributed by atoms with Gasteiger partial charge >= 0.3 is 17.1 Å². The molecule has 1 amide bonds. The third-order valence-corrected chi connectivity index (χ3v) is 8.16. The molecule has 252 valence electrons. The van der Waals surface area contributed by atoms with Crippen molar-refractivity contribution in [3.8, 4) is 5.75 Å². The number of hydrogen-bond donors (Lipinski definition) is 1. The second-order valence-corrected chi connectivity index (χ2v) is 11.6. The van der Waals surface area contributed by atoms with Crippen LogP contribution < -0.4 is 15.0 Å². The summed E-state index contributed by atoms with van der Waals surface area (Å²) < 4.78 is 7.58. The van der Waals surface area contributed by atoms with Crippen LogP contribution in [-0.4, -0.2) is 45.4 Å². The number of anilines is 1. The van der Waals surface area contributed by atoms with Gasteiger partial charge in [0.25, 0.3) is 0 Å². The Labute approximate surface area is 303 Å². The van der Waals surface area contributed by atoms with Gasteiger partial charge in [0.05, 0.1) is 18.3 Å². The fraction of sp³-hybridized carbons (Fsp3) is 0.171. The standard InChI is InChI=1S/C36H33N5O3.C5H6.Fe/c42-34(22-16-28-11-7-8-12-28)29-17-19-32(20-18-29)44-24-23-40-26-30(38-39-40)25-37-35-33(21-15-27-9-3-1-4-10-27)41(36(35)43)31-13-5-2-6-14-31;1-2-4-5-3-1;/h1-7,9-22,26,33,35,37H,8,23-25H2;1-4H,5H2;/q;;+2/b21-15+,22-16+;;/t33-,35+;;/m1../s1. The van der Waals surface area contributed by atoms with E-state index in [0.717, 1.165) is 35.4 Å². The fourth-order valence-corrected chi connectivity index (χ4v) is 5.55. The van der Waals surface area contributed by atoms with Gasteiger partial charge in [0.15, 0.2) is 5.78 Å². The van der Waals surface area contributed by atoms with Crippen molar-refractivity contribution in [3.05, 3.63) is 174 Å². The van der Waals surface area contributed by atoms with Gasteiger partial charge in [0, 0.05) is 24.0 Å². The van der Waals surface area contributed by atoms with Crippen molar-refractivity contribution in [2.45, 2.75) is 38.0 Å². The summed E-state index contributed by atoms with van der Waals surface area (Å²) in [5, 5.41) is 11.9. The van der Waals surface area contributed by atoms with Gasteiger partial charge in [-0.25, -0.2) is 4.68 Å². The van der Waals surface area contributed by atoms with Crippen molar-refractivity contribution in [2.75, 3.05) is 11.5 Å². The molecule has 3 aliphatic rings. The number of hydrogen-bond acceptors (Lipinski definition) is 6. The van der Waals surface area contributed by atoms with Crippen LogP contribution in [-0.2, 0) is 35.0 Å². The van der Waals surface area contributed by atoms with Crippen LogP contribution in [0.5, 0.6) is 5.75 Å². The molecule has 0 spiro atoms. The van der Waals surface area contributed by atoms with E-state index in [2.05, 4.69) is 58.2 Å². The van der Waals surface area contributed by atoms with Crippen molar-refractivity contribution in [2.24, 2.45) is 0 Å². The number of β-lactam (4-membered cyclic amide) rings is 1. The molecular weight excluding hydrogens is 666 g/mol. The maximum absolute atomic E-state index is 13.2. The van der Waals surface area contributed by atoms with E-state index in [4.69, 9.17) is 4.74 Å². The number of carbonyl (C=O) groups is 2. The third-order valence-electron chi connectivity index (χ3n) is 8.16. The largest absolute Gasteiger partial charge is 2.00 e. The molecule has 0 saturated carbocycles. The van der Waals surface area contributed by atoms with E-state index in [-0.39, 0.29) is 40.8 Å². The minimum absolute atomic E-state index is 0. The van der Waals surface area contributed by atoms with Crippen molar-refractivity contribution < 1.29 is 31.4 Å². The molecule has 0 radical (unpaired) electrons. The first kappa shape index (κ1) is 36.0. The number of amides is 1. The summed E-state index contributed by atoms with van der Waals surface area (Å²) >= 11 is 0. The van der Waals surface area contributed by atoms with Crippen molar-refractivity contribution in [1.82, 2.24) is 20.3 Å². The fourth-order valence-electron chi connectivity index (χ4n) is 5.55. The van der Waals surface area contributed by atoms with Crippen molar-refractivity contribution in [3.63, 3.8) is 0 Å². The SMILES string of the molecule is C1=CCC=C1.O=C(/C=C/C1=CCC=C1)c1ccc(OCCn2cc(CN[C@@H]3C(=O)N(c4ccccc4)[C@@H]3/C=C/c3ccccc3)nn2)cc1.[Fe+2]. The minimum atomic E-state index is -0.370. The summed E-state index contributed by atoms with van der Waals surface area (Å²) in [5.74, 6) is 0.651. The zero-order valence-corrected chi connectivity index (χ0v) is 28.7. The summed E-state index contributed by atoms with van der Waals surface area (Å²) in [6, 6.07) is 26.4. The quantitative estimate of drug-likeness (QED) is 0.0694. The van der Waals surface area contributed by atoms with Crippen LogP contribution in [0.15, 0.2) is 157 Å². The zero-order valence-electron chi connectivity index (χ0n) is 27.6. The second-order valence-electron chi connectivity index (χ2n) is 11.6. The molecule has 1 aliphatic heterocycles. The van der Waals surface area contributed by atoms with Crippen LogP contribution in [0.4, 0.5) is 5.69 Å². The van der Waals surface area contributed by atoms with Crippen LogP contribution in [0.25, 0.3) is 6.08 Å². The van der Waals surface area contributed by atoms with Gasteiger partial charge in [-0.3, -0.25) is 14.9 Å². The number of nitrogens with zero attached hydrogens (tertiary/aromatic N) is 4. The summed E-state index contributed by atoms with van der Waals surface area (Å²) in [5.41, 5.74) is 4.35. The predicted octanol–water partition coefficient (Wildman–Crippen LogP) is 7.07. The molecule has 7 rings (SSSR count). The maximum atomic E-state index is 13.2. The molecule has 1 saturated heterocycles. The zero-order chi connectivity index (χ0) is 33.7. The van der Waals surface area contributed by atoms with E-state index in [1.165, 1.54) is 0 Å². The molecule has 1 N–H and O–H groups in total. The van der Waals surface area contributed by atoms with Gasteiger partial charge in [-0.2, -0.15) is 0 Å². The van der Waals surface area contributed by atoms with Gasteiger partial charge in [0.1, 0.15) is 18.4 Å². The van der Waals surface area contributed by atoms with Crippen molar-refractivity contribution in [1.29, 1.82) is 0 Å². The monoisotopic (exact) mass is 705 g/mol. The Morgan fingerprint density at radius 3 is 2.32 bits per heavy atom. The van der Waals surface area contributed by atoms with Crippen LogP contribution in [0, 0.1) is 0 Å². The van der Waals surface area contributed by atoms with Crippen molar-refractivity contribution >= 4 is 23.5 Å². The Balaban J connectivity index is 0.000000745. The molecule has 2 heterocycles. The normalized spacial score (nSPS) is 17.4. The van der Waals surface area contributed by atoms with Crippen LogP contribution in [0.1, 0.15) is 34.5 Å². The van der Waals surface area contributed by atoms with Crippen LogP contribution in [0.2, 0.25) is 0 Å². The summed E-state index contributed by atoms with van der Waals surface area (Å²) in [6.07, 6.45) is 26.0. The number of allylic oxidation sites excluding steroid dienone is 10. The number of aromatic nitrogens is 3. The number of benzene rings is 3. The smallest absolute Gasteiger partial charge is 0.492 e. The van der Waals surface area contributed by atoms with E-state index < -0.39 is 0 Å². The van der Waals surface area contributed by atoms with E-state index in [0.29, 0.717) is 31.0 Å². The van der Waals surface area contributed by atoms with Gasteiger partial charge in [-0.05, 0) is 66.5 Å². The van der Waals surface area contributed by atoms with E-state index in [1.54, 1.807) is 35.0 Å². The van der Waals surface area contributed by atoms with E-state index in [9.17, 15) is 9.59 Å². The number of para-hydroxylation sites is 1. The average Bonchev–Trinajstić information content (AvgIpc) is 3.96. The first-order valence-corrected chi connectivity index (χ1v) is 16.5. The molecule has 2 aliphatic carbocycles. The molecule has 9 heteroatoms. The summed E-state index contributed by atoms with van der Waals surface area (Å²) in [6.45, 7) is 1.31.